The highest BCUT2D eigenvalue weighted by Crippen LogP contribution is 2.26. The van der Waals surface area contributed by atoms with E-state index in [0.29, 0.717) is 22.6 Å². The zero-order valence-corrected chi connectivity index (χ0v) is 11.7. The van der Waals surface area contributed by atoms with Gasteiger partial charge in [0.2, 0.25) is 5.89 Å². The average Bonchev–Trinajstić information content (AvgIpc) is 2.97. The minimum Gasteiger partial charge on any atom is -0.465 e. The highest BCUT2D eigenvalue weighted by molar-refractivity contribution is 5.93. The number of anilines is 1. The fourth-order valence-electron chi connectivity index (χ4n) is 2.10. The summed E-state index contributed by atoms with van der Waals surface area (Å²) in [5, 5.41) is 3.07. The summed E-state index contributed by atoms with van der Waals surface area (Å²) in [6.45, 7) is 0. The lowest BCUT2D eigenvalue weighted by atomic mass is 10.2. The first-order valence-corrected chi connectivity index (χ1v) is 6.48. The first-order valence-electron chi connectivity index (χ1n) is 6.48. The monoisotopic (exact) mass is 282 g/mol. The number of hydrogen-bond acceptors (Lipinski definition) is 5. The van der Waals surface area contributed by atoms with Crippen LogP contribution < -0.4 is 5.32 Å². The molecule has 5 heteroatoms. The maximum atomic E-state index is 11.5. The number of rotatable bonds is 3. The molecule has 1 N–H and O–H groups in total. The van der Waals surface area contributed by atoms with Crippen molar-refractivity contribution in [2.24, 2.45) is 0 Å². The van der Waals surface area contributed by atoms with Gasteiger partial charge >= 0.3 is 5.97 Å². The van der Waals surface area contributed by atoms with Crippen molar-refractivity contribution in [3.63, 3.8) is 0 Å². The van der Waals surface area contributed by atoms with Gasteiger partial charge in [0, 0.05) is 18.3 Å². The Labute approximate surface area is 121 Å². The number of nitrogens with zero attached hydrogens (tertiary/aromatic N) is 1. The van der Waals surface area contributed by atoms with Gasteiger partial charge in [-0.25, -0.2) is 9.78 Å². The first kappa shape index (κ1) is 13.2. The van der Waals surface area contributed by atoms with Gasteiger partial charge in [-0.1, -0.05) is 6.07 Å². The van der Waals surface area contributed by atoms with Crippen molar-refractivity contribution in [1.82, 2.24) is 4.98 Å². The number of aromatic nitrogens is 1. The molecule has 0 aliphatic rings. The molecule has 1 aromatic heterocycles. The Morgan fingerprint density at radius 1 is 1.24 bits per heavy atom. The molecule has 2 aromatic carbocycles. The fourth-order valence-corrected chi connectivity index (χ4v) is 2.10. The summed E-state index contributed by atoms with van der Waals surface area (Å²) < 4.78 is 10.4. The number of benzene rings is 2. The Morgan fingerprint density at radius 2 is 2.10 bits per heavy atom. The van der Waals surface area contributed by atoms with E-state index in [2.05, 4.69) is 10.3 Å². The van der Waals surface area contributed by atoms with Gasteiger partial charge in [-0.3, -0.25) is 0 Å². The second kappa shape index (κ2) is 5.28. The number of ether oxygens (including phenoxy) is 1. The molecule has 0 aliphatic heterocycles. The highest BCUT2D eigenvalue weighted by Gasteiger charge is 2.12. The van der Waals surface area contributed by atoms with Crippen molar-refractivity contribution in [2.45, 2.75) is 0 Å². The van der Waals surface area contributed by atoms with Crippen LogP contribution in [0.2, 0.25) is 0 Å². The van der Waals surface area contributed by atoms with E-state index >= 15 is 0 Å². The van der Waals surface area contributed by atoms with Crippen LogP contribution in [0.1, 0.15) is 10.4 Å². The molecule has 0 radical (unpaired) electrons. The lowest BCUT2D eigenvalue weighted by Gasteiger charge is -2.00. The standard InChI is InChI=1S/C16H14N2O3/c1-17-12-5-3-4-10(8-12)15-18-13-7-6-11(16(19)20-2)9-14(13)21-15/h3-9,17H,1-2H3. The van der Waals surface area contributed by atoms with E-state index in [-0.39, 0.29) is 0 Å². The van der Waals surface area contributed by atoms with Crippen molar-refractivity contribution in [3.05, 3.63) is 48.0 Å². The van der Waals surface area contributed by atoms with Crippen LogP contribution in [0.4, 0.5) is 5.69 Å². The van der Waals surface area contributed by atoms with Crippen LogP contribution in [0.15, 0.2) is 46.9 Å². The van der Waals surface area contributed by atoms with E-state index in [4.69, 9.17) is 9.15 Å². The maximum absolute atomic E-state index is 11.5. The number of oxazole rings is 1. The van der Waals surface area contributed by atoms with Crippen LogP contribution in [0.25, 0.3) is 22.6 Å². The molecule has 0 unspecified atom stereocenters. The van der Waals surface area contributed by atoms with E-state index in [1.165, 1.54) is 7.11 Å². The zero-order valence-electron chi connectivity index (χ0n) is 11.7. The SMILES string of the molecule is CNc1cccc(-c2nc3ccc(C(=O)OC)cc3o2)c1. The van der Waals surface area contributed by atoms with E-state index < -0.39 is 5.97 Å². The van der Waals surface area contributed by atoms with Gasteiger partial charge in [0.1, 0.15) is 5.52 Å². The predicted octanol–water partition coefficient (Wildman–Crippen LogP) is 3.32. The largest absolute Gasteiger partial charge is 0.465 e. The summed E-state index contributed by atoms with van der Waals surface area (Å²) in [6, 6.07) is 12.8. The summed E-state index contributed by atoms with van der Waals surface area (Å²) in [7, 11) is 3.20. The molecule has 0 aliphatic carbocycles. The second-order valence-electron chi connectivity index (χ2n) is 4.52. The highest BCUT2D eigenvalue weighted by atomic mass is 16.5. The molecular formula is C16H14N2O3. The number of esters is 1. The molecule has 0 atom stereocenters. The molecule has 0 saturated heterocycles. The molecule has 0 fully saturated rings. The van der Waals surface area contributed by atoms with Crippen LogP contribution >= 0.6 is 0 Å². The summed E-state index contributed by atoms with van der Waals surface area (Å²) in [5.74, 6) is 0.121. The van der Waals surface area contributed by atoms with Crippen molar-refractivity contribution in [3.8, 4) is 11.5 Å². The lowest BCUT2D eigenvalue weighted by molar-refractivity contribution is 0.0601. The van der Waals surface area contributed by atoms with E-state index in [9.17, 15) is 4.79 Å². The molecule has 5 nitrogen and oxygen atoms in total. The van der Waals surface area contributed by atoms with E-state index in [1.807, 2.05) is 31.3 Å². The number of methoxy groups -OCH3 is 1. The maximum Gasteiger partial charge on any atom is 0.337 e. The van der Waals surface area contributed by atoms with Gasteiger partial charge in [-0.2, -0.15) is 0 Å². The molecule has 3 rings (SSSR count). The van der Waals surface area contributed by atoms with Gasteiger partial charge in [-0.15, -0.1) is 0 Å². The number of carbonyl (C=O) groups excluding carboxylic acids is 1. The Morgan fingerprint density at radius 3 is 2.86 bits per heavy atom. The predicted molar refractivity (Wildman–Crippen MR) is 80.3 cm³/mol. The van der Waals surface area contributed by atoms with Crippen molar-refractivity contribution in [2.75, 3.05) is 19.5 Å². The zero-order chi connectivity index (χ0) is 14.8. The minimum absolute atomic E-state index is 0.396. The van der Waals surface area contributed by atoms with Gasteiger partial charge in [0.05, 0.1) is 12.7 Å². The van der Waals surface area contributed by atoms with Crippen LogP contribution in [-0.4, -0.2) is 25.1 Å². The number of nitrogens with one attached hydrogen (secondary N) is 1. The Balaban J connectivity index is 2.06. The fraction of sp³-hybridized carbons (Fsp3) is 0.125. The van der Waals surface area contributed by atoms with Crippen LogP contribution in [-0.2, 0) is 4.74 Å². The van der Waals surface area contributed by atoms with E-state index in [1.54, 1.807) is 18.2 Å². The third kappa shape index (κ3) is 2.45. The summed E-state index contributed by atoms with van der Waals surface area (Å²) in [4.78, 5) is 16.0. The van der Waals surface area contributed by atoms with Crippen molar-refractivity contribution < 1.29 is 13.9 Å². The normalized spacial score (nSPS) is 10.6. The lowest BCUT2D eigenvalue weighted by Crippen LogP contribution is -2.00. The van der Waals surface area contributed by atoms with E-state index in [0.717, 1.165) is 11.3 Å². The van der Waals surface area contributed by atoms with Crippen LogP contribution in [0.3, 0.4) is 0 Å². The molecule has 21 heavy (non-hydrogen) atoms. The van der Waals surface area contributed by atoms with Gasteiger partial charge < -0.3 is 14.5 Å². The molecule has 1 heterocycles. The van der Waals surface area contributed by atoms with Crippen LogP contribution in [0, 0.1) is 0 Å². The molecule has 106 valence electrons. The number of hydrogen-bond donors (Lipinski definition) is 1. The quantitative estimate of drug-likeness (QED) is 0.746. The molecule has 0 bridgehead atoms. The average molecular weight is 282 g/mol. The molecule has 0 amide bonds. The Bertz CT molecular complexity index is 808. The Hall–Kier alpha value is -2.82. The molecular weight excluding hydrogens is 268 g/mol. The van der Waals surface area contributed by atoms with Gasteiger partial charge in [-0.05, 0) is 36.4 Å². The molecule has 3 aromatic rings. The van der Waals surface area contributed by atoms with Crippen LogP contribution in [0.5, 0.6) is 0 Å². The summed E-state index contributed by atoms with van der Waals surface area (Å²) >= 11 is 0. The summed E-state index contributed by atoms with van der Waals surface area (Å²) in [6.07, 6.45) is 0. The third-order valence-corrected chi connectivity index (χ3v) is 3.21. The molecule has 0 saturated carbocycles. The summed E-state index contributed by atoms with van der Waals surface area (Å²) in [5.41, 5.74) is 3.55. The van der Waals surface area contributed by atoms with Gasteiger partial charge in [0.25, 0.3) is 0 Å². The van der Waals surface area contributed by atoms with Crippen molar-refractivity contribution >= 4 is 22.8 Å². The minimum atomic E-state index is -0.396. The topological polar surface area (TPSA) is 64.4 Å². The van der Waals surface area contributed by atoms with Crippen molar-refractivity contribution in [1.29, 1.82) is 0 Å². The number of carbonyl (C=O) groups is 1. The smallest absolute Gasteiger partial charge is 0.337 e. The molecule has 0 spiro atoms. The first-order chi connectivity index (χ1) is 10.2. The van der Waals surface area contributed by atoms with Gasteiger partial charge in [0.15, 0.2) is 5.58 Å². The third-order valence-electron chi connectivity index (χ3n) is 3.21. The Kier molecular flexibility index (Phi) is 3.31. The second-order valence-corrected chi connectivity index (χ2v) is 4.52. The number of fused-ring (bicyclic) bond motifs is 1.